The summed E-state index contributed by atoms with van der Waals surface area (Å²) in [5.41, 5.74) is 0.275. The van der Waals surface area contributed by atoms with E-state index in [-0.39, 0.29) is 14.1 Å². The van der Waals surface area contributed by atoms with Crippen molar-refractivity contribution in [1.29, 1.82) is 0 Å². The lowest BCUT2D eigenvalue weighted by Gasteiger charge is -2.37. The zero-order valence-corrected chi connectivity index (χ0v) is 12.9. The van der Waals surface area contributed by atoms with Gasteiger partial charge in [-0.15, -0.1) is 0 Å². The first-order chi connectivity index (χ1) is 8.37. The van der Waals surface area contributed by atoms with E-state index < -0.39 is 10.0 Å². The van der Waals surface area contributed by atoms with E-state index in [0.29, 0.717) is 13.1 Å². The summed E-state index contributed by atoms with van der Waals surface area (Å²) in [5, 5.41) is 0. The van der Waals surface area contributed by atoms with Crippen LogP contribution in [0.3, 0.4) is 0 Å². The van der Waals surface area contributed by atoms with Crippen LogP contribution in [0, 0.1) is 5.41 Å². The second kappa shape index (κ2) is 5.07. The monoisotopic (exact) mass is 308 g/mol. The number of nitrogens with zero attached hydrogens (tertiary/aromatic N) is 2. The summed E-state index contributed by atoms with van der Waals surface area (Å²) in [7, 11) is -3.39. The average Bonchev–Trinajstić information content (AvgIpc) is 2.77. The Kier molecular flexibility index (Phi) is 4.02. The maximum atomic E-state index is 12.3. The Morgan fingerprint density at radius 3 is 2.56 bits per heavy atom. The number of aromatic nitrogens is 1. The van der Waals surface area contributed by atoms with Crippen LogP contribution in [0.2, 0.25) is 4.47 Å². The minimum absolute atomic E-state index is 0.243. The molecular weight excluding hydrogens is 292 g/mol. The quantitative estimate of drug-likeness (QED) is 0.862. The van der Waals surface area contributed by atoms with Crippen LogP contribution in [-0.2, 0) is 10.0 Å². The van der Waals surface area contributed by atoms with Crippen LogP contribution in [0.1, 0.15) is 33.1 Å². The van der Waals surface area contributed by atoms with Gasteiger partial charge in [0.25, 0.3) is 10.0 Å². The first-order valence-electron chi connectivity index (χ1n) is 5.99. The highest BCUT2D eigenvalue weighted by atomic mass is 35.5. The first kappa shape index (κ1) is 14.2. The highest BCUT2D eigenvalue weighted by Crippen LogP contribution is 2.36. The van der Waals surface area contributed by atoms with Gasteiger partial charge in [-0.1, -0.05) is 43.2 Å². The molecule has 0 aliphatic carbocycles. The molecule has 0 saturated carbocycles. The summed E-state index contributed by atoms with van der Waals surface area (Å²) in [5.74, 6) is 0. The molecule has 0 amide bonds. The molecule has 7 heteroatoms. The van der Waals surface area contributed by atoms with E-state index >= 15 is 0 Å². The summed E-state index contributed by atoms with van der Waals surface area (Å²) in [6, 6.07) is 0. The predicted octanol–water partition coefficient (Wildman–Crippen LogP) is 3.00. The van der Waals surface area contributed by atoms with Gasteiger partial charge in [0.1, 0.15) is 0 Å². The molecular formula is C11H17ClN2O2S2. The Labute approximate surface area is 117 Å². The summed E-state index contributed by atoms with van der Waals surface area (Å²) < 4.78 is 26.7. The van der Waals surface area contributed by atoms with Crippen LogP contribution < -0.4 is 0 Å². The van der Waals surface area contributed by atoms with Crippen molar-refractivity contribution in [3.63, 3.8) is 0 Å². The van der Waals surface area contributed by atoms with E-state index in [4.69, 9.17) is 11.6 Å². The van der Waals surface area contributed by atoms with Crippen molar-refractivity contribution < 1.29 is 8.42 Å². The third kappa shape index (κ3) is 2.71. The molecule has 1 saturated heterocycles. The molecule has 4 nitrogen and oxygen atoms in total. The number of piperidine rings is 1. The van der Waals surface area contributed by atoms with Gasteiger partial charge >= 0.3 is 0 Å². The Bertz CT molecular complexity index is 519. The van der Waals surface area contributed by atoms with Gasteiger partial charge in [-0.05, 0) is 18.3 Å². The van der Waals surface area contributed by atoms with E-state index in [9.17, 15) is 8.42 Å². The SMILES string of the molecule is CCC1(C)CCN(S(=O)(=O)c2cnc(Cl)s2)CC1. The summed E-state index contributed by atoms with van der Waals surface area (Å²) in [4.78, 5) is 3.80. The molecule has 0 bridgehead atoms. The van der Waals surface area contributed by atoms with Crippen molar-refractivity contribution in [3.8, 4) is 0 Å². The van der Waals surface area contributed by atoms with Crippen molar-refractivity contribution in [2.24, 2.45) is 5.41 Å². The van der Waals surface area contributed by atoms with Crippen molar-refractivity contribution >= 4 is 33.0 Å². The minimum Gasteiger partial charge on any atom is -0.232 e. The summed E-state index contributed by atoms with van der Waals surface area (Å²) in [6.45, 7) is 5.55. The van der Waals surface area contributed by atoms with Crippen molar-refractivity contribution in [3.05, 3.63) is 10.7 Å². The van der Waals surface area contributed by atoms with Crippen molar-refractivity contribution in [1.82, 2.24) is 9.29 Å². The molecule has 0 unspecified atom stereocenters. The molecule has 1 fully saturated rings. The van der Waals surface area contributed by atoms with E-state index in [0.717, 1.165) is 30.6 Å². The second-order valence-electron chi connectivity index (χ2n) is 5.00. The molecule has 0 spiro atoms. The van der Waals surface area contributed by atoms with Gasteiger partial charge in [0.15, 0.2) is 8.68 Å². The molecule has 1 aliphatic heterocycles. The largest absolute Gasteiger partial charge is 0.254 e. The zero-order chi connectivity index (χ0) is 13.4. The van der Waals surface area contributed by atoms with Gasteiger partial charge in [0.05, 0.1) is 6.20 Å². The highest BCUT2D eigenvalue weighted by Gasteiger charge is 2.35. The number of rotatable bonds is 3. The third-order valence-corrected chi connectivity index (χ3v) is 7.28. The van der Waals surface area contributed by atoms with Crippen LogP contribution in [0.15, 0.2) is 10.4 Å². The van der Waals surface area contributed by atoms with Crippen molar-refractivity contribution in [2.75, 3.05) is 13.1 Å². The van der Waals surface area contributed by atoms with Gasteiger partial charge in [0, 0.05) is 13.1 Å². The fraction of sp³-hybridized carbons (Fsp3) is 0.727. The van der Waals surface area contributed by atoms with Crippen LogP contribution in [-0.4, -0.2) is 30.8 Å². The Morgan fingerprint density at radius 1 is 1.50 bits per heavy atom. The Balaban J connectivity index is 2.14. The fourth-order valence-corrected chi connectivity index (χ4v) is 5.00. The van der Waals surface area contributed by atoms with Crippen LogP contribution in [0.25, 0.3) is 0 Å². The van der Waals surface area contributed by atoms with Crippen LogP contribution in [0.5, 0.6) is 0 Å². The lowest BCUT2D eigenvalue weighted by atomic mass is 9.79. The summed E-state index contributed by atoms with van der Waals surface area (Å²) >= 11 is 6.72. The van der Waals surface area contributed by atoms with Gasteiger partial charge in [0.2, 0.25) is 0 Å². The third-order valence-electron chi connectivity index (χ3n) is 3.83. The number of hydrogen-bond acceptors (Lipinski definition) is 4. The topological polar surface area (TPSA) is 50.3 Å². The predicted molar refractivity (Wildman–Crippen MR) is 73.5 cm³/mol. The fourth-order valence-electron chi connectivity index (χ4n) is 2.11. The molecule has 102 valence electrons. The molecule has 2 heterocycles. The van der Waals surface area contributed by atoms with E-state index in [1.54, 1.807) is 4.31 Å². The van der Waals surface area contributed by atoms with Gasteiger partial charge in [-0.25, -0.2) is 13.4 Å². The standard InChI is InChI=1S/C11H17ClN2O2S2/c1-3-11(2)4-6-14(7-5-11)18(15,16)9-8-13-10(12)17-9/h8H,3-7H2,1-2H3. The molecule has 0 aromatic carbocycles. The van der Waals surface area contributed by atoms with Gasteiger partial charge < -0.3 is 0 Å². The van der Waals surface area contributed by atoms with Crippen LogP contribution in [0.4, 0.5) is 0 Å². The molecule has 18 heavy (non-hydrogen) atoms. The highest BCUT2D eigenvalue weighted by molar-refractivity contribution is 7.91. The zero-order valence-electron chi connectivity index (χ0n) is 10.5. The Morgan fingerprint density at radius 2 is 2.11 bits per heavy atom. The summed E-state index contributed by atoms with van der Waals surface area (Å²) in [6.07, 6.45) is 4.26. The number of sulfonamides is 1. The van der Waals surface area contributed by atoms with Gasteiger partial charge in [-0.3, -0.25) is 0 Å². The lowest BCUT2D eigenvalue weighted by Crippen LogP contribution is -2.41. The van der Waals surface area contributed by atoms with E-state index in [2.05, 4.69) is 18.8 Å². The molecule has 0 N–H and O–H groups in total. The smallest absolute Gasteiger partial charge is 0.232 e. The van der Waals surface area contributed by atoms with Crippen LogP contribution >= 0.6 is 22.9 Å². The molecule has 0 radical (unpaired) electrons. The molecule has 1 aromatic rings. The van der Waals surface area contributed by atoms with Crippen molar-refractivity contribution in [2.45, 2.75) is 37.3 Å². The minimum atomic E-state index is -3.39. The maximum Gasteiger partial charge on any atom is 0.254 e. The normalized spacial score (nSPS) is 21.1. The number of thiazole rings is 1. The number of hydrogen-bond donors (Lipinski definition) is 0. The first-order valence-corrected chi connectivity index (χ1v) is 8.62. The maximum absolute atomic E-state index is 12.3. The van der Waals surface area contributed by atoms with Gasteiger partial charge in [-0.2, -0.15) is 4.31 Å². The Hall–Kier alpha value is -0.170. The molecule has 1 aliphatic rings. The van der Waals surface area contributed by atoms with E-state index in [1.807, 2.05) is 0 Å². The number of halogens is 1. The molecule has 0 atom stereocenters. The molecule has 1 aromatic heterocycles. The van der Waals surface area contributed by atoms with E-state index in [1.165, 1.54) is 6.20 Å². The average molecular weight is 309 g/mol. The second-order valence-corrected chi connectivity index (χ2v) is 8.78. The molecule has 2 rings (SSSR count). The lowest BCUT2D eigenvalue weighted by molar-refractivity contribution is 0.169.